The minimum Gasteiger partial charge on any atom is -0.496 e. The predicted octanol–water partition coefficient (Wildman–Crippen LogP) is 3.56. The van der Waals surface area contributed by atoms with Crippen LogP contribution in [0.2, 0.25) is 0 Å². The number of benzene rings is 1. The van der Waals surface area contributed by atoms with Crippen molar-refractivity contribution in [2.75, 3.05) is 14.2 Å². The average molecular weight is 260 g/mol. The van der Waals surface area contributed by atoms with Crippen LogP contribution in [-0.2, 0) is 6.42 Å². The first-order valence-electron chi connectivity index (χ1n) is 6.66. The number of aldehydes is 1. The van der Waals surface area contributed by atoms with Gasteiger partial charge >= 0.3 is 0 Å². The minimum atomic E-state index is 0.579. The van der Waals surface area contributed by atoms with Crippen molar-refractivity contribution < 1.29 is 14.3 Å². The Labute approximate surface area is 114 Å². The quantitative estimate of drug-likeness (QED) is 0.600. The Kier molecular flexibility index (Phi) is 4.61. The van der Waals surface area contributed by atoms with Crippen molar-refractivity contribution >= 4 is 6.29 Å². The van der Waals surface area contributed by atoms with Crippen LogP contribution in [0.4, 0.5) is 0 Å². The molecule has 0 fully saturated rings. The van der Waals surface area contributed by atoms with Gasteiger partial charge in [-0.25, -0.2) is 0 Å². The lowest BCUT2D eigenvalue weighted by Crippen LogP contribution is -2.02. The normalized spacial score (nSPS) is 14.7. The molecule has 0 radical (unpaired) electrons. The lowest BCUT2D eigenvalue weighted by atomic mass is 9.93. The topological polar surface area (TPSA) is 35.5 Å². The first-order chi connectivity index (χ1) is 9.28. The van der Waals surface area contributed by atoms with E-state index in [0.29, 0.717) is 5.56 Å². The number of hydrogen-bond donors (Lipinski definition) is 0. The van der Waals surface area contributed by atoms with E-state index in [4.69, 9.17) is 9.47 Å². The fourth-order valence-electron chi connectivity index (χ4n) is 2.54. The van der Waals surface area contributed by atoms with Crippen molar-refractivity contribution in [1.29, 1.82) is 0 Å². The molecule has 1 aromatic carbocycles. The maximum absolute atomic E-state index is 10.9. The van der Waals surface area contributed by atoms with E-state index in [2.05, 4.69) is 6.08 Å². The van der Waals surface area contributed by atoms with E-state index in [9.17, 15) is 4.79 Å². The molecule has 0 N–H and O–H groups in total. The Morgan fingerprint density at radius 1 is 1.16 bits per heavy atom. The molecule has 19 heavy (non-hydrogen) atoms. The fourth-order valence-corrected chi connectivity index (χ4v) is 2.54. The molecule has 0 unspecified atom stereocenters. The van der Waals surface area contributed by atoms with E-state index in [1.54, 1.807) is 26.4 Å². The number of methoxy groups -OCH3 is 2. The highest BCUT2D eigenvalue weighted by Crippen LogP contribution is 2.34. The van der Waals surface area contributed by atoms with Gasteiger partial charge in [0.1, 0.15) is 17.8 Å². The monoisotopic (exact) mass is 260 g/mol. The second kappa shape index (κ2) is 6.41. The van der Waals surface area contributed by atoms with Crippen molar-refractivity contribution in [3.8, 4) is 11.5 Å². The van der Waals surface area contributed by atoms with Gasteiger partial charge in [-0.1, -0.05) is 11.6 Å². The number of allylic oxidation sites excluding steroid dienone is 2. The van der Waals surface area contributed by atoms with E-state index in [0.717, 1.165) is 42.6 Å². The molecule has 3 heteroatoms. The average Bonchev–Trinajstić information content (AvgIpc) is 2.48. The Morgan fingerprint density at radius 2 is 1.84 bits per heavy atom. The molecule has 1 aromatic rings. The Bertz CT molecular complexity index is 464. The van der Waals surface area contributed by atoms with Crippen molar-refractivity contribution in [1.82, 2.24) is 0 Å². The van der Waals surface area contributed by atoms with Crippen LogP contribution in [0.15, 0.2) is 23.8 Å². The Hall–Kier alpha value is -1.77. The van der Waals surface area contributed by atoms with Gasteiger partial charge in [0.15, 0.2) is 0 Å². The smallest absolute Gasteiger partial charge is 0.150 e. The summed E-state index contributed by atoms with van der Waals surface area (Å²) in [7, 11) is 3.25. The zero-order valence-corrected chi connectivity index (χ0v) is 11.6. The molecular weight excluding hydrogens is 240 g/mol. The maximum atomic E-state index is 10.9. The highest BCUT2D eigenvalue weighted by Gasteiger charge is 2.15. The van der Waals surface area contributed by atoms with Gasteiger partial charge in [0.2, 0.25) is 0 Å². The molecule has 0 saturated heterocycles. The summed E-state index contributed by atoms with van der Waals surface area (Å²) < 4.78 is 10.8. The molecule has 0 amide bonds. The van der Waals surface area contributed by atoms with E-state index in [-0.39, 0.29) is 0 Å². The first-order valence-corrected chi connectivity index (χ1v) is 6.66. The van der Waals surface area contributed by atoms with Gasteiger partial charge in [0.25, 0.3) is 0 Å². The SMILES string of the molecule is COc1cc(C=O)cc(OC)c1CC1=CCCCC1. The molecule has 0 aliphatic heterocycles. The molecule has 0 saturated carbocycles. The van der Waals surface area contributed by atoms with Crippen molar-refractivity contribution in [3.05, 3.63) is 34.9 Å². The van der Waals surface area contributed by atoms with Crippen LogP contribution in [-0.4, -0.2) is 20.5 Å². The third-order valence-electron chi connectivity index (χ3n) is 3.56. The number of carbonyl (C=O) groups is 1. The molecular formula is C16H20O3. The summed E-state index contributed by atoms with van der Waals surface area (Å²) in [4.78, 5) is 10.9. The van der Waals surface area contributed by atoms with E-state index in [1.807, 2.05) is 0 Å². The molecule has 0 spiro atoms. The number of hydrogen-bond acceptors (Lipinski definition) is 3. The molecule has 0 atom stereocenters. The summed E-state index contributed by atoms with van der Waals surface area (Å²) in [6.07, 6.45) is 8.80. The van der Waals surface area contributed by atoms with E-state index < -0.39 is 0 Å². The molecule has 0 heterocycles. The largest absolute Gasteiger partial charge is 0.496 e. The van der Waals surface area contributed by atoms with E-state index >= 15 is 0 Å². The van der Waals surface area contributed by atoms with Crippen molar-refractivity contribution in [2.45, 2.75) is 32.1 Å². The van der Waals surface area contributed by atoms with E-state index in [1.165, 1.54) is 18.4 Å². The van der Waals surface area contributed by atoms with Gasteiger partial charge in [-0.15, -0.1) is 0 Å². The third-order valence-corrected chi connectivity index (χ3v) is 3.56. The first kappa shape index (κ1) is 13.7. The van der Waals surface area contributed by atoms with Crippen LogP contribution < -0.4 is 9.47 Å². The van der Waals surface area contributed by atoms with Crippen LogP contribution in [0.5, 0.6) is 11.5 Å². The lowest BCUT2D eigenvalue weighted by molar-refractivity contribution is 0.112. The number of ether oxygens (including phenoxy) is 2. The highest BCUT2D eigenvalue weighted by atomic mass is 16.5. The van der Waals surface area contributed by atoms with Crippen molar-refractivity contribution in [3.63, 3.8) is 0 Å². The van der Waals surface area contributed by atoms with Gasteiger partial charge in [0.05, 0.1) is 14.2 Å². The van der Waals surface area contributed by atoms with Gasteiger partial charge in [-0.05, 0) is 37.8 Å². The summed E-state index contributed by atoms with van der Waals surface area (Å²) in [5, 5.41) is 0. The van der Waals surface area contributed by atoms with Gasteiger partial charge < -0.3 is 9.47 Å². The summed E-state index contributed by atoms with van der Waals surface area (Å²) in [6, 6.07) is 3.54. The fraction of sp³-hybridized carbons (Fsp3) is 0.438. The third kappa shape index (κ3) is 3.16. The minimum absolute atomic E-state index is 0.579. The summed E-state index contributed by atoms with van der Waals surface area (Å²) in [6.45, 7) is 0. The second-order valence-electron chi connectivity index (χ2n) is 4.81. The maximum Gasteiger partial charge on any atom is 0.150 e. The highest BCUT2D eigenvalue weighted by molar-refractivity contribution is 5.77. The van der Waals surface area contributed by atoms with Crippen LogP contribution in [0.25, 0.3) is 0 Å². The molecule has 2 rings (SSSR count). The standard InChI is InChI=1S/C16H20O3/c1-18-15-9-13(11-17)10-16(19-2)14(15)8-12-6-4-3-5-7-12/h6,9-11H,3-5,7-8H2,1-2H3. The van der Waals surface area contributed by atoms with Gasteiger partial charge in [-0.2, -0.15) is 0 Å². The van der Waals surface area contributed by atoms with Crippen LogP contribution >= 0.6 is 0 Å². The Balaban J connectivity index is 2.36. The zero-order valence-electron chi connectivity index (χ0n) is 11.6. The Morgan fingerprint density at radius 3 is 2.32 bits per heavy atom. The molecule has 1 aliphatic carbocycles. The molecule has 3 nitrogen and oxygen atoms in total. The van der Waals surface area contributed by atoms with Crippen molar-refractivity contribution in [2.24, 2.45) is 0 Å². The number of carbonyl (C=O) groups excluding carboxylic acids is 1. The van der Waals surface area contributed by atoms with Gasteiger partial charge in [0, 0.05) is 17.5 Å². The van der Waals surface area contributed by atoms with Crippen LogP contribution in [0.3, 0.4) is 0 Å². The molecule has 0 bridgehead atoms. The molecule has 102 valence electrons. The summed E-state index contributed by atoms with van der Waals surface area (Å²) in [5.74, 6) is 1.46. The number of rotatable bonds is 5. The summed E-state index contributed by atoms with van der Waals surface area (Å²) >= 11 is 0. The molecule has 1 aliphatic rings. The lowest BCUT2D eigenvalue weighted by Gasteiger charge is -2.17. The second-order valence-corrected chi connectivity index (χ2v) is 4.81. The molecule has 0 aromatic heterocycles. The van der Waals surface area contributed by atoms with Crippen LogP contribution in [0.1, 0.15) is 41.6 Å². The summed E-state index contributed by atoms with van der Waals surface area (Å²) in [5.41, 5.74) is 3.04. The zero-order chi connectivity index (χ0) is 13.7. The van der Waals surface area contributed by atoms with Gasteiger partial charge in [-0.3, -0.25) is 4.79 Å². The van der Waals surface area contributed by atoms with Crippen LogP contribution in [0, 0.1) is 0 Å². The predicted molar refractivity (Wildman–Crippen MR) is 75.2 cm³/mol.